The lowest BCUT2D eigenvalue weighted by Gasteiger charge is -2.35. The van der Waals surface area contributed by atoms with Crippen LogP contribution in [0.15, 0.2) is 9.95 Å². The zero-order valence-corrected chi connectivity index (χ0v) is 21.4. The van der Waals surface area contributed by atoms with E-state index in [9.17, 15) is 9.59 Å². The van der Waals surface area contributed by atoms with Crippen LogP contribution in [0.1, 0.15) is 69.2 Å². The molecular formula is C25H35N3O3S2. The number of carbonyl (C=O) groups excluding carboxylic acids is 1. The number of piperidine rings is 1. The van der Waals surface area contributed by atoms with Crippen molar-refractivity contribution in [2.75, 3.05) is 18.9 Å². The topological polar surface area (TPSA) is 64.4 Å². The Balaban J connectivity index is 1.45. The Hall–Kier alpha value is -1.38. The van der Waals surface area contributed by atoms with Gasteiger partial charge in [-0.15, -0.1) is 11.3 Å². The molecule has 2 aromatic heterocycles. The number of hydrogen-bond acceptors (Lipinski definition) is 6. The summed E-state index contributed by atoms with van der Waals surface area (Å²) in [5.41, 5.74) is 1.28. The van der Waals surface area contributed by atoms with Crippen molar-refractivity contribution in [1.29, 1.82) is 0 Å². The monoisotopic (exact) mass is 489 g/mol. The van der Waals surface area contributed by atoms with Gasteiger partial charge < -0.3 is 9.64 Å². The summed E-state index contributed by atoms with van der Waals surface area (Å²) < 4.78 is 7.68. The molecule has 2 aromatic rings. The first-order chi connectivity index (χ1) is 16.0. The van der Waals surface area contributed by atoms with Crippen molar-refractivity contribution in [1.82, 2.24) is 14.5 Å². The second-order valence-corrected chi connectivity index (χ2v) is 11.9. The molecule has 2 aliphatic heterocycles. The fourth-order valence-corrected chi connectivity index (χ4v) is 7.95. The summed E-state index contributed by atoms with van der Waals surface area (Å²) in [6.07, 6.45) is 9.58. The van der Waals surface area contributed by atoms with E-state index >= 15 is 0 Å². The van der Waals surface area contributed by atoms with Gasteiger partial charge in [-0.2, -0.15) is 0 Å². The minimum atomic E-state index is 0.0538. The zero-order chi connectivity index (χ0) is 22.9. The minimum absolute atomic E-state index is 0.0538. The average molecular weight is 490 g/mol. The molecule has 0 radical (unpaired) electrons. The molecule has 33 heavy (non-hydrogen) atoms. The smallest absolute Gasteiger partial charge is 0.263 e. The molecule has 180 valence electrons. The molecule has 1 aliphatic carbocycles. The van der Waals surface area contributed by atoms with Crippen molar-refractivity contribution >= 4 is 39.2 Å². The molecule has 3 atom stereocenters. The van der Waals surface area contributed by atoms with Crippen LogP contribution in [-0.4, -0.2) is 51.4 Å². The molecule has 1 amide bonds. The second kappa shape index (κ2) is 10.1. The zero-order valence-electron chi connectivity index (χ0n) is 19.8. The maximum atomic E-state index is 13.8. The number of carbonyl (C=O) groups is 1. The van der Waals surface area contributed by atoms with E-state index < -0.39 is 0 Å². The van der Waals surface area contributed by atoms with Crippen molar-refractivity contribution in [3.63, 3.8) is 0 Å². The number of aryl methyl sites for hydroxylation is 1. The lowest BCUT2D eigenvalue weighted by atomic mass is 9.89. The van der Waals surface area contributed by atoms with Crippen molar-refractivity contribution in [2.24, 2.45) is 5.92 Å². The Labute approximate surface area is 204 Å². The standard InChI is InChI=1S/C25H35N3O3S2/c1-3-17-7-4-5-11-27(17)21(29)15-32-25-26-23-22(19-10-9-16(2)13-20(19)33-23)24(30)28(25)14-18-8-6-12-31-18/h16-18H,3-15H2,1-2H3. The van der Waals surface area contributed by atoms with Gasteiger partial charge in [0, 0.05) is 24.1 Å². The third kappa shape index (κ3) is 4.76. The number of thioether (sulfide) groups is 1. The van der Waals surface area contributed by atoms with Crippen LogP contribution >= 0.6 is 23.1 Å². The molecule has 0 spiro atoms. The molecule has 0 bridgehead atoms. The van der Waals surface area contributed by atoms with Crippen LogP contribution in [0.5, 0.6) is 0 Å². The molecule has 5 rings (SSSR count). The summed E-state index contributed by atoms with van der Waals surface area (Å²) >= 11 is 3.12. The summed E-state index contributed by atoms with van der Waals surface area (Å²) in [4.78, 5) is 36.1. The Morgan fingerprint density at radius 1 is 1.24 bits per heavy atom. The number of rotatable bonds is 6. The van der Waals surface area contributed by atoms with Crippen LogP contribution in [-0.2, 0) is 28.9 Å². The predicted molar refractivity (Wildman–Crippen MR) is 134 cm³/mol. The van der Waals surface area contributed by atoms with Crippen LogP contribution in [0.4, 0.5) is 0 Å². The largest absolute Gasteiger partial charge is 0.376 e. The van der Waals surface area contributed by atoms with Crippen molar-refractivity contribution in [3.8, 4) is 0 Å². The van der Waals surface area contributed by atoms with Gasteiger partial charge in [0.1, 0.15) is 4.83 Å². The first kappa shape index (κ1) is 23.4. The quantitative estimate of drug-likeness (QED) is 0.437. The molecule has 2 saturated heterocycles. The summed E-state index contributed by atoms with van der Waals surface area (Å²) in [7, 11) is 0. The van der Waals surface area contributed by atoms with Gasteiger partial charge in [0.05, 0.1) is 23.8 Å². The molecule has 4 heterocycles. The van der Waals surface area contributed by atoms with Crippen LogP contribution in [0, 0.1) is 5.92 Å². The number of fused-ring (bicyclic) bond motifs is 3. The molecule has 0 aromatic carbocycles. The van der Waals surface area contributed by atoms with E-state index in [1.54, 1.807) is 11.3 Å². The van der Waals surface area contributed by atoms with E-state index in [0.29, 0.717) is 29.4 Å². The van der Waals surface area contributed by atoms with Gasteiger partial charge in [0.2, 0.25) is 5.91 Å². The summed E-state index contributed by atoms with van der Waals surface area (Å²) in [6, 6.07) is 0.349. The highest BCUT2D eigenvalue weighted by Gasteiger charge is 2.28. The Kier molecular flexibility index (Phi) is 7.14. The summed E-state index contributed by atoms with van der Waals surface area (Å²) in [6.45, 7) is 6.59. The molecule has 0 N–H and O–H groups in total. The molecule has 0 saturated carbocycles. The van der Waals surface area contributed by atoms with Gasteiger partial charge in [-0.3, -0.25) is 14.2 Å². The van der Waals surface area contributed by atoms with E-state index in [1.807, 2.05) is 4.57 Å². The summed E-state index contributed by atoms with van der Waals surface area (Å²) in [5.74, 6) is 1.16. The van der Waals surface area contributed by atoms with Crippen LogP contribution in [0.25, 0.3) is 10.2 Å². The van der Waals surface area contributed by atoms with Crippen LogP contribution in [0.3, 0.4) is 0 Å². The number of likely N-dealkylation sites (tertiary alicyclic amines) is 1. The molecule has 3 aliphatic rings. The first-order valence-electron chi connectivity index (χ1n) is 12.6. The predicted octanol–water partition coefficient (Wildman–Crippen LogP) is 4.65. The Morgan fingerprint density at radius 2 is 2.12 bits per heavy atom. The molecule has 6 nitrogen and oxygen atoms in total. The Bertz CT molecular complexity index is 1070. The number of amides is 1. The van der Waals surface area contributed by atoms with Crippen LogP contribution in [0.2, 0.25) is 0 Å². The summed E-state index contributed by atoms with van der Waals surface area (Å²) in [5, 5.41) is 1.49. The maximum absolute atomic E-state index is 13.8. The number of aromatic nitrogens is 2. The SMILES string of the molecule is CCC1CCCCN1C(=O)CSc1nc2sc3c(c2c(=O)n1CC1CCCO1)CCC(C)C3. The van der Waals surface area contributed by atoms with E-state index in [4.69, 9.17) is 9.72 Å². The first-order valence-corrected chi connectivity index (χ1v) is 14.4. The van der Waals surface area contributed by atoms with E-state index in [-0.39, 0.29) is 17.6 Å². The lowest BCUT2D eigenvalue weighted by Crippen LogP contribution is -2.44. The number of thiophene rings is 1. The van der Waals surface area contributed by atoms with E-state index in [1.165, 1.54) is 28.6 Å². The van der Waals surface area contributed by atoms with Gasteiger partial charge in [0.15, 0.2) is 5.16 Å². The van der Waals surface area contributed by atoms with Gasteiger partial charge in [-0.1, -0.05) is 25.6 Å². The highest BCUT2D eigenvalue weighted by Crippen LogP contribution is 2.37. The highest BCUT2D eigenvalue weighted by atomic mass is 32.2. The van der Waals surface area contributed by atoms with Gasteiger partial charge in [-0.05, 0) is 69.3 Å². The normalized spacial score (nSPS) is 25.5. The number of nitrogens with zero attached hydrogens (tertiary/aromatic N) is 3. The van der Waals surface area contributed by atoms with E-state index in [2.05, 4.69) is 18.7 Å². The molecule has 2 fully saturated rings. The van der Waals surface area contributed by atoms with Crippen molar-refractivity contribution < 1.29 is 9.53 Å². The van der Waals surface area contributed by atoms with E-state index in [0.717, 1.165) is 74.7 Å². The average Bonchev–Trinajstić information content (AvgIpc) is 3.46. The maximum Gasteiger partial charge on any atom is 0.263 e. The highest BCUT2D eigenvalue weighted by molar-refractivity contribution is 7.99. The van der Waals surface area contributed by atoms with Gasteiger partial charge in [-0.25, -0.2) is 4.98 Å². The fourth-order valence-electron chi connectivity index (χ4n) is 5.63. The van der Waals surface area contributed by atoms with Gasteiger partial charge >= 0.3 is 0 Å². The van der Waals surface area contributed by atoms with Crippen molar-refractivity contribution in [3.05, 3.63) is 20.8 Å². The van der Waals surface area contributed by atoms with Crippen molar-refractivity contribution in [2.45, 2.75) is 95.5 Å². The third-order valence-electron chi connectivity index (χ3n) is 7.53. The van der Waals surface area contributed by atoms with Crippen LogP contribution < -0.4 is 5.56 Å². The van der Waals surface area contributed by atoms with Gasteiger partial charge in [0.25, 0.3) is 5.56 Å². The Morgan fingerprint density at radius 3 is 2.91 bits per heavy atom. The molecule has 8 heteroatoms. The second-order valence-electron chi connectivity index (χ2n) is 9.91. The minimum Gasteiger partial charge on any atom is -0.376 e. The third-order valence-corrected chi connectivity index (χ3v) is 9.64. The number of hydrogen-bond donors (Lipinski definition) is 0. The number of ether oxygens (including phenoxy) is 1. The molecule has 3 unspecified atom stereocenters. The lowest BCUT2D eigenvalue weighted by molar-refractivity contribution is -0.132. The fraction of sp³-hybridized carbons (Fsp3) is 0.720. The molecular weight excluding hydrogens is 454 g/mol.